The van der Waals surface area contributed by atoms with Crippen LogP contribution < -0.4 is 10.1 Å². The molecule has 1 amide bonds. The van der Waals surface area contributed by atoms with Crippen molar-refractivity contribution in [3.63, 3.8) is 0 Å². The molecule has 0 fully saturated rings. The molecule has 1 heterocycles. The third-order valence-corrected chi connectivity index (χ3v) is 6.96. The minimum Gasteiger partial charge on any atom is -0.455 e. The Bertz CT molecular complexity index is 1530. The fourth-order valence-corrected chi connectivity index (χ4v) is 4.77. The maximum atomic E-state index is 12.8. The van der Waals surface area contributed by atoms with Gasteiger partial charge in [0.05, 0.1) is 26.8 Å². The Hall–Kier alpha value is -3.30. The van der Waals surface area contributed by atoms with E-state index in [0.717, 1.165) is 5.56 Å². The summed E-state index contributed by atoms with van der Waals surface area (Å²) in [4.78, 5) is 12.4. The molecule has 0 saturated carbocycles. The first-order valence-electron chi connectivity index (χ1n) is 9.99. The molecule has 0 aliphatic carbocycles. The van der Waals surface area contributed by atoms with Crippen molar-refractivity contribution >= 4 is 62.6 Å². The summed E-state index contributed by atoms with van der Waals surface area (Å²) in [6.07, 6.45) is 1.32. The number of nitrogens with one attached hydrogen (secondary N) is 2. The van der Waals surface area contributed by atoms with Gasteiger partial charge in [-0.3, -0.25) is 9.52 Å². The fourth-order valence-electron chi connectivity index (χ4n) is 3.03. The number of halogens is 3. The van der Waals surface area contributed by atoms with E-state index in [1.54, 1.807) is 18.2 Å². The van der Waals surface area contributed by atoms with Crippen molar-refractivity contribution in [1.29, 1.82) is 0 Å². The van der Waals surface area contributed by atoms with Crippen LogP contribution in [0.1, 0.15) is 16.1 Å². The Morgan fingerprint density at radius 3 is 2.49 bits per heavy atom. The fraction of sp³-hybridized carbons (Fsp3) is 0. The molecule has 3 aromatic carbocycles. The van der Waals surface area contributed by atoms with Crippen molar-refractivity contribution < 1.29 is 17.6 Å². The molecule has 4 aromatic rings. The van der Waals surface area contributed by atoms with Crippen molar-refractivity contribution in [3.8, 4) is 11.3 Å². The maximum Gasteiger partial charge on any atom is 0.271 e. The van der Waals surface area contributed by atoms with Crippen molar-refractivity contribution in [2.45, 2.75) is 4.90 Å². The van der Waals surface area contributed by atoms with E-state index in [0.29, 0.717) is 21.6 Å². The zero-order valence-corrected chi connectivity index (χ0v) is 20.8. The summed E-state index contributed by atoms with van der Waals surface area (Å²) in [6, 6.07) is 20.5. The highest BCUT2D eigenvalue weighted by molar-refractivity contribution is 7.92. The summed E-state index contributed by atoms with van der Waals surface area (Å²) in [5, 5.41) is 4.91. The Morgan fingerprint density at radius 2 is 1.69 bits per heavy atom. The Labute approximate surface area is 216 Å². The van der Waals surface area contributed by atoms with E-state index < -0.39 is 15.9 Å². The Kier molecular flexibility index (Phi) is 7.47. The van der Waals surface area contributed by atoms with Crippen molar-refractivity contribution in [3.05, 3.63) is 105 Å². The van der Waals surface area contributed by atoms with Crippen molar-refractivity contribution in [2.24, 2.45) is 5.10 Å². The number of rotatable bonds is 7. The monoisotopic (exact) mass is 547 g/mol. The summed E-state index contributed by atoms with van der Waals surface area (Å²) < 4.78 is 33.6. The lowest BCUT2D eigenvalue weighted by molar-refractivity contribution is 0.0955. The van der Waals surface area contributed by atoms with Crippen LogP contribution in [-0.4, -0.2) is 20.5 Å². The third kappa shape index (κ3) is 6.04. The molecular weight excluding hydrogens is 533 g/mol. The van der Waals surface area contributed by atoms with Gasteiger partial charge in [-0.1, -0.05) is 53.0 Å². The second kappa shape index (κ2) is 10.5. The predicted molar refractivity (Wildman–Crippen MR) is 138 cm³/mol. The van der Waals surface area contributed by atoms with Crippen LogP contribution in [0, 0.1) is 0 Å². The van der Waals surface area contributed by atoms with E-state index in [-0.39, 0.29) is 21.2 Å². The topological polar surface area (TPSA) is 101 Å². The van der Waals surface area contributed by atoms with Gasteiger partial charge in [0, 0.05) is 16.1 Å². The molecule has 4 rings (SSSR count). The number of furan rings is 1. The van der Waals surface area contributed by atoms with Gasteiger partial charge in [0.25, 0.3) is 15.9 Å². The van der Waals surface area contributed by atoms with Crippen molar-refractivity contribution in [2.75, 3.05) is 4.72 Å². The smallest absolute Gasteiger partial charge is 0.271 e. The minimum absolute atomic E-state index is 0.0819. The molecule has 7 nitrogen and oxygen atoms in total. The van der Waals surface area contributed by atoms with Crippen LogP contribution in [0.2, 0.25) is 15.1 Å². The number of sulfonamides is 1. The summed E-state index contributed by atoms with van der Waals surface area (Å²) in [6.45, 7) is 0. The van der Waals surface area contributed by atoms with E-state index in [9.17, 15) is 13.2 Å². The lowest BCUT2D eigenvalue weighted by atomic mass is 10.2. The molecule has 0 atom stereocenters. The number of anilines is 1. The van der Waals surface area contributed by atoms with Gasteiger partial charge in [-0.15, -0.1) is 0 Å². The van der Waals surface area contributed by atoms with Crippen LogP contribution in [-0.2, 0) is 10.0 Å². The van der Waals surface area contributed by atoms with Crippen LogP contribution in [0.15, 0.2) is 93.3 Å². The Morgan fingerprint density at radius 1 is 0.886 bits per heavy atom. The van der Waals surface area contributed by atoms with E-state index in [1.807, 2.05) is 18.2 Å². The number of carbonyl (C=O) groups excluding carboxylic acids is 1. The molecule has 0 unspecified atom stereocenters. The minimum atomic E-state index is -4.04. The van der Waals surface area contributed by atoms with E-state index in [4.69, 9.17) is 39.2 Å². The summed E-state index contributed by atoms with van der Waals surface area (Å²) >= 11 is 18.1. The second-order valence-corrected chi connectivity index (χ2v) is 10.1. The molecule has 0 saturated heterocycles. The van der Waals surface area contributed by atoms with Gasteiger partial charge in [-0.25, -0.2) is 13.8 Å². The number of carbonyl (C=O) groups is 1. The van der Waals surface area contributed by atoms with Gasteiger partial charge in [0.1, 0.15) is 11.5 Å². The van der Waals surface area contributed by atoms with E-state index >= 15 is 0 Å². The van der Waals surface area contributed by atoms with Gasteiger partial charge in [-0.05, 0) is 60.7 Å². The van der Waals surface area contributed by atoms with Crippen LogP contribution in [0.5, 0.6) is 0 Å². The summed E-state index contributed by atoms with van der Waals surface area (Å²) in [5.41, 5.74) is 3.27. The van der Waals surface area contributed by atoms with Crippen LogP contribution in [0.25, 0.3) is 11.3 Å². The molecule has 0 bridgehead atoms. The quantitative estimate of drug-likeness (QED) is 0.204. The average molecular weight is 549 g/mol. The van der Waals surface area contributed by atoms with E-state index in [2.05, 4.69) is 15.2 Å². The highest BCUT2D eigenvalue weighted by atomic mass is 35.5. The SMILES string of the molecule is O=C(NN=Cc1ccc(-c2ccccc2Cl)o1)c1cccc(S(=O)(=O)Nc2cc(Cl)ccc2Cl)c1. The predicted octanol–water partition coefficient (Wildman–Crippen LogP) is 6.47. The van der Waals surface area contributed by atoms with Crippen molar-refractivity contribution in [1.82, 2.24) is 5.43 Å². The zero-order valence-electron chi connectivity index (χ0n) is 17.7. The van der Waals surface area contributed by atoms with Gasteiger partial charge in [0.2, 0.25) is 0 Å². The largest absolute Gasteiger partial charge is 0.455 e. The molecule has 11 heteroatoms. The van der Waals surface area contributed by atoms with Gasteiger partial charge in [0.15, 0.2) is 0 Å². The van der Waals surface area contributed by atoms with Gasteiger partial charge >= 0.3 is 0 Å². The molecule has 0 aliphatic heterocycles. The number of amides is 1. The number of nitrogens with zero attached hydrogens (tertiary/aromatic N) is 1. The first kappa shape index (κ1) is 24.8. The first-order valence-corrected chi connectivity index (χ1v) is 12.6. The van der Waals surface area contributed by atoms with Crippen LogP contribution in [0.4, 0.5) is 5.69 Å². The molecule has 2 N–H and O–H groups in total. The zero-order chi connectivity index (χ0) is 25.0. The van der Waals surface area contributed by atoms with Crippen LogP contribution >= 0.6 is 34.8 Å². The Balaban J connectivity index is 1.45. The van der Waals surface area contributed by atoms with E-state index in [1.165, 1.54) is 48.7 Å². The highest BCUT2D eigenvalue weighted by Crippen LogP contribution is 2.29. The average Bonchev–Trinajstić information content (AvgIpc) is 3.30. The first-order chi connectivity index (χ1) is 16.7. The number of hydrogen-bond acceptors (Lipinski definition) is 5. The molecule has 35 heavy (non-hydrogen) atoms. The standard InChI is InChI=1S/C24H16Cl3N3O4S/c25-16-8-10-21(27)22(13-16)30-35(32,33)18-5-3-4-15(12-18)24(31)29-28-14-17-9-11-23(34-17)19-6-1-2-7-20(19)26/h1-14,30H,(H,29,31). The highest BCUT2D eigenvalue weighted by Gasteiger charge is 2.18. The number of hydrogen-bond donors (Lipinski definition) is 2. The number of hydrazone groups is 1. The molecule has 1 aromatic heterocycles. The number of benzene rings is 3. The normalized spacial score (nSPS) is 11.5. The lowest BCUT2D eigenvalue weighted by Crippen LogP contribution is -2.19. The van der Waals surface area contributed by atoms with Gasteiger partial charge in [-0.2, -0.15) is 5.10 Å². The lowest BCUT2D eigenvalue weighted by Gasteiger charge is -2.11. The maximum absolute atomic E-state index is 12.8. The molecular formula is C24H16Cl3N3O4S. The van der Waals surface area contributed by atoms with Crippen LogP contribution in [0.3, 0.4) is 0 Å². The molecule has 0 radical (unpaired) electrons. The third-order valence-electron chi connectivity index (χ3n) is 4.70. The molecule has 178 valence electrons. The summed E-state index contributed by atoms with van der Waals surface area (Å²) in [5.74, 6) is 0.324. The molecule has 0 aliphatic rings. The summed E-state index contributed by atoms with van der Waals surface area (Å²) in [7, 11) is -4.04. The molecule has 0 spiro atoms. The second-order valence-electron chi connectivity index (χ2n) is 7.14. The van der Waals surface area contributed by atoms with Gasteiger partial charge < -0.3 is 4.42 Å².